The van der Waals surface area contributed by atoms with Crippen LogP contribution >= 0.6 is 27.3 Å². The van der Waals surface area contributed by atoms with Gasteiger partial charge in [-0.15, -0.1) is 11.3 Å². The summed E-state index contributed by atoms with van der Waals surface area (Å²) >= 11 is 4.90. The number of piperazine rings is 1. The number of benzene rings is 1. The van der Waals surface area contributed by atoms with Crippen LogP contribution in [0.2, 0.25) is 0 Å². The van der Waals surface area contributed by atoms with Gasteiger partial charge in [-0.05, 0) is 45.9 Å². The molecule has 1 aromatic carbocycles. The number of hydrogen-bond donors (Lipinski definition) is 1. The van der Waals surface area contributed by atoms with E-state index < -0.39 is 5.60 Å². The molecular formula is C23H30BrN5O4S. The molecule has 0 bridgehead atoms. The summed E-state index contributed by atoms with van der Waals surface area (Å²) in [4.78, 5) is 32.3. The molecule has 1 N–H and O–H groups in total. The Morgan fingerprint density at radius 2 is 2.00 bits per heavy atom. The van der Waals surface area contributed by atoms with Crippen LogP contribution in [0.5, 0.6) is 0 Å². The van der Waals surface area contributed by atoms with Crippen molar-refractivity contribution in [1.29, 1.82) is 0 Å². The number of nitrogens with zero attached hydrogens (tertiary/aromatic N) is 4. The lowest BCUT2D eigenvalue weighted by Crippen LogP contribution is -2.50. The number of amides is 1. The van der Waals surface area contributed by atoms with Crippen LogP contribution in [0, 0.1) is 0 Å². The molecule has 1 aliphatic rings. The normalized spacial score (nSPS) is 14.4. The molecule has 1 amide bonds. The molecule has 0 radical (unpaired) electrons. The Balaban J connectivity index is 1.61. The molecule has 0 spiro atoms. The number of ether oxygens (including phenoxy) is 2. The lowest BCUT2D eigenvalue weighted by atomic mass is 10.1. The molecule has 11 heteroatoms. The number of anilines is 2. The first-order valence-electron chi connectivity index (χ1n) is 11.1. The summed E-state index contributed by atoms with van der Waals surface area (Å²) in [6.45, 7) is 10.3. The number of halogens is 1. The fourth-order valence-electron chi connectivity index (χ4n) is 3.33. The lowest BCUT2D eigenvalue weighted by molar-refractivity contribution is -0.142. The minimum atomic E-state index is -0.506. The van der Waals surface area contributed by atoms with Gasteiger partial charge in [0.2, 0.25) is 5.13 Å². The van der Waals surface area contributed by atoms with Gasteiger partial charge in [0.1, 0.15) is 5.60 Å². The summed E-state index contributed by atoms with van der Waals surface area (Å²) in [5.41, 5.74) is 5.03. The van der Waals surface area contributed by atoms with Crippen LogP contribution < -0.4 is 10.3 Å². The van der Waals surface area contributed by atoms with Crippen LogP contribution in [0.25, 0.3) is 0 Å². The Morgan fingerprint density at radius 1 is 1.26 bits per heavy atom. The minimum Gasteiger partial charge on any atom is -0.466 e. The SMILES string of the molecule is CCOC(=O)Cc1csc(NN=Cc2cc(Br)ccc2N2CCN(C(=O)OC(C)(C)C)CC2)n1. The van der Waals surface area contributed by atoms with Crippen LogP contribution in [0.1, 0.15) is 39.0 Å². The van der Waals surface area contributed by atoms with Gasteiger partial charge in [0.15, 0.2) is 0 Å². The standard InChI is InChI=1S/C23H30BrN5O4S/c1-5-32-20(30)13-18-15-34-21(26-18)27-25-14-16-12-17(24)6-7-19(16)28-8-10-29(11-9-28)22(31)33-23(2,3)4/h6-7,12,14-15H,5,8-11,13H2,1-4H3,(H,26,27). The van der Waals surface area contributed by atoms with Gasteiger partial charge in [-0.1, -0.05) is 15.9 Å². The second-order valence-electron chi connectivity index (χ2n) is 8.65. The maximum atomic E-state index is 12.4. The first-order chi connectivity index (χ1) is 16.1. The lowest BCUT2D eigenvalue weighted by Gasteiger charge is -2.37. The molecule has 0 atom stereocenters. The summed E-state index contributed by atoms with van der Waals surface area (Å²) in [7, 11) is 0. The number of nitrogens with one attached hydrogen (secondary N) is 1. The molecule has 9 nitrogen and oxygen atoms in total. The van der Waals surface area contributed by atoms with E-state index in [1.54, 1.807) is 18.0 Å². The smallest absolute Gasteiger partial charge is 0.410 e. The van der Waals surface area contributed by atoms with Crippen molar-refractivity contribution in [3.05, 3.63) is 39.3 Å². The van der Waals surface area contributed by atoms with Crippen molar-refractivity contribution < 1.29 is 19.1 Å². The predicted octanol–water partition coefficient (Wildman–Crippen LogP) is 4.51. The van der Waals surface area contributed by atoms with Crippen molar-refractivity contribution >= 4 is 56.4 Å². The van der Waals surface area contributed by atoms with Crippen molar-refractivity contribution in [2.75, 3.05) is 43.1 Å². The van der Waals surface area contributed by atoms with Crippen LogP contribution in [0.3, 0.4) is 0 Å². The second-order valence-corrected chi connectivity index (χ2v) is 10.4. The largest absolute Gasteiger partial charge is 0.466 e. The van der Waals surface area contributed by atoms with Crippen LogP contribution in [0.15, 0.2) is 33.2 Å². The molecule has 34 heavy (non-hydrogen) atoms. The molecule has 2 aromatic rings. The van der Waals surface area contributed by atoms with E-state index in [9.17, 15) is 9.59 Å². The number of carbonyl (C=O) groups is 2. The minimum absolute atomic E-state index is 0.140. The van der Waals surface area contributed by atoms with E-state index in [2.05, 4.69) is 36.3 Å². The molecule has 184 valence electrons. The van der Waals surface area contributed by atoms with Crippen LogP contribution in [0.4, 0.5) is 15.6 Å². The zero-order valence-corrected chi connectivity index (χ0v) is 22.2. The number of hydrogen-bond acceptors (Lipinski definition) is 9. The van der Waals surface area contributed by atoms with Crippen molar-refractivity contribution in [3.8, 4) is 0 Å². The van der Waals surface area contributed by atoms with Crippen molar-refractivity contribution in [3.63, 3.8) is 0 Å². The van der Waals surface area contributed by atoms with E-state index in [1.807, 2.05) is 44.4 Å². The van der Waals surface area contributed by atoms with Crippen molar-refractivity contribution in [2.45, 2.75) is 39.7 Å². The maximum Gasteiger partial charge on any atom is 0.410 e. The fraction of sp³-hybridized carbons (Fsp3) is 0.478. The molecule has 1 aromatic heterocycles. The molecule has 1 saturated heterocycles. The summed E-state index contributed by atoms with van der Waals surface area (Å²) in [6, 6.07) is 6.02. The second kappa shape index (κ2) is 11.7. The summed E-state index contributed by atoms with van der Waals surface area (Å²) < 4.78 is 11.4. The number of aromatic nitrogens is 1. The molecular weight excluding hydrogens is 522 g/mol. The fourth-order valence-corrected chi connectivity index (χ4v) is 4.37. The van der Waals surface area contributed by atoms with Crippen LogP contribution in [-0.4, -0.2) is 66.5 Å². The summed E-state index contributed by atoms with van der Waals surface area (Å²) in [5, 5.41) is 6.75. The molecule has 2 heterocycles. The van der Waals surface area contributed by atoms with Crippen LogP contribution in [-0.2, 0) is 20.7 Å². The highest BCUT2D eigenvalue weighted by molar-refractivity contribution is 9.10. The summed E-state index contributed by atoms with van der Waals surface area (Å²) in [5.74, 6) is -0.298. The van der Waals surface area contributed by atoms with Gasteiger partial charge in [-0.25, -0.2) is 9.78 Å². The number of thiazole rings is 1. The molecule has 0 aliphatic carbocycles. The Labute approximate surface area is 212 Å². The topological polar surface area (TPSA) is 96.4 Å². The molecule has 0 saturated carbocycles. The van der Waals surface area contributed by atoms with E-state index in [0.717, 1.165) is 15.7 Å². The Kier molecular flexibility index (Phi) is 8.90. The quantitative estimate of drug-likeness (QED) is 0.307. The van der Waals surface area contributed by atoms with Gasteiger partial charge in [0.25, 0.3) is 0 Å². The zero-order chi connectivity index (χ0) is 24.7. The van der Waals surface area contributed by atoms with Crippen molar-refractivity contribution in [2.24, 2.45) is 5.10 Å². The third kappa shape index (κ3) is 7.69. The van der Waals surface area contributed by atoms with Gasteiger partial charge in [0.05, 0.1) is 24.9 Å². The highest BCUT2D eigenvalue weighted by atomic mass is 79.9. The molecule has 3 rings (SSSR count). The first-order valence-corrected chi connectivity index (χ1v) is 12.7. The average Bonchev–Trinajstić information content (AvgIpc) is 3.20. The third-order valence-corrected chi connectivity index (χ3v) is 6.10. The Morgan fingerprint density at radius 3 is 2.68 bits per heavy atom. The van der Waals surface area contributed by atoms with Gasteiger partial charge in [-0.2, -0.15) is 5.10 Å². The van der Waals surface area contributed by atoms with E-state index in [-0.39, 0.29) is 18.5 Å². The van der Waals surface area contributed by atoms with E-state index in [4.69, 9.17) is 9.47 Å². The highest BCUT2D eigenvalue weighted by Gasteiger charge is 2.26. The van der Waals surface area contributed by atoms with E-state index >= 15 is 0 Å². The number of carbonyl (C=O) groups excluding carboxylic acids is 2. The van der Waals surface area contributed by atoms with E-state index in [1.165, 1.54) is 11.3 Å². The average molecular weight is 552 g/mol. The first kappa shape index (κ1) is 26.0. The van der Waals surface area contributed by atoms with E-state index in [0.29, 0.717) is 43.6 Å². The van der Waals surface area contributed by atoms with Gasteiger partial charge in [-0.3, -0.25) is 10.2 Å². The predicted molar refractivity (Wildman–Crippen MR) is 138 cm³/mol. The number of hydrazone groups is 1. The van der Waals surface area contributed by atoms with Gasteiger partial charge >= 0.3 is 12.1 Å². The third-order valence-electron chi connectivity index (χ3n) is 4.81. The molecule has 1 fully saturated rings. The van der Waals surface area contributed by atoms with Gasteiger partial charge < -0.3 is 19.3 Å². The molecule has 1 aliphatic heterocycles. The monoisotopic (exact) mass is 551 g/mol. The van der Waals surface area contributed by atoms with Crippen molar-refractivity contribution in [1.82, 2.24) is 9.88 Å². The Bertz CT molecular complexity index is 1030. The maximum absolute atomic E-state index is 12.4. The highest BCUT2D eigenvalue weighted by Crippen LogP contribution is 2.25. The zero-order valence-electron chi connectivity index (χ0n) is 19.8. The number of esters is 1. The summed E-state index contributed by atoms with van der Waals surface area (Å²) in [6.07, 6.45) is 1.60. The number of rotatable bonds is 7. The Hall–Kier alpha value is -2.66. The van der Waals surface area contributed by atoms with Gasteiger partial charge in [0, 0.05) is 47.3 Å². The molecule has 0 unspecified atom stereocenters.